The molecule has 0 aliphatic heterocycles. The molecule has 2 aromatic carbocycles. The molecule has 0 radical (unpaired) electrons. The van der Waals surface area contributed by atoms with E-state index < -0.39 is 30.0 Å². The molecule has 1 unspecified atom stereocenters. The molecule has 0 saturated heterocycles. The zero-order chi connectivity index (χ0) is 28.7. The zero-order valence-corrected chi connectivity index (χ0v) is 22.8. The van der Waals surface area contributed by atoms with Gasteiger partial charge in [-0.05, 0) is 23.5 Å². The third-order valence-corrected chi connectivity index (χ3v) is 6.20. The second-order valence-corrected chi connectivity index (χ2v) is 10.0. The lowest BCUT2D eigenvalue weighted by molar-refractivity contribution is -0.130. The van der Waals surface area contributed by atoms with E-state index in [1.54, 1.807) is 6.20 Å². The van der Waals surface area contributed by atoms with Crippen LogP contribution in [0.5, 0.6) is 0 Å². The molecule has 0 saturated carbocycles. The first-order valence-electron chi connectivity index (χ1n) is 13.4. The minimum Gasteiger partial charge on any atom is -0.445 e. The molecule has 4 N–H and O–H groups in total. The Labute approximate surface area is 234 Å². The van der Waals surface area contributed by atoms with Crippen LogP contribution >= 0.6 is 0 Å². The standard InChI is InChI=1S/C30H37N5O5/c1-21(2)15-24(13-14-36)33-28(37)27(17-25-18-31-20-32-25)34-29(38)26(16-22-9-5-3-6-10-22)35-30(39)40-19-23-11-7-4-8-12-23/h3-12,14,18,20-21,24,26-27H,13,15-17,19H2,1-2H3,(H,31,32)(H,33,37)(H,34,38)(H,35,39)/t24?,26-,27-/m0/s1. The number of nitrogens with one attached hydrogen (secondary N) is 4. The van der Waals surface area contributed by atoms with E-state index in [0.717, 1.165) is 17.4 Å². The first-order chi connectivity index (χ1) is 19.3. The average Bonchev–Trinajstić information content (AvgIpc) is 3.45. The molecule has 0 fully saturated rings. The second-order valence-electron chi connectivity index (χ2n) is 10.0. The van der Waals surface area contributed by atoms with Crippen LogP contribution in [0.4, 0.5) is 4.79 Å². The van der Waals surface area contributed by atoms with E-state index in [9.17, 15) is 19.2 Å². The molecule has 0 aliphatic rings. The molecule has 212 valence electrons. The Hall–Kier alpha value is -4.47. The van der Waals surface area contributed by atoms with Gasteiger partial charge in [-0.3, -0.25) is 9.59 Å². The fourth-order valence-electron chi connectivity index (χ4n) is 4.26. The number of imidazole rings is 1. The fraction of sp³-hybridized carbons (Fsp3) is 0.367. The number of ether oxygens (including phenoxy) is 1. The second kappa shape index (κ2) is 15.8. The molecule has 3 atom stereocenters. The van der Waals surface area contributed by atoms with E-state index >= 15 is 0 Å². The van der Waals surface area contributed by atoms with E-state index in [2.05, 4.69) is 25.9 Å². The van der Waals surface area contributed by atoms with E-state index in [1.807, 2.05) is 74.5 Å². The van der Waals surface area contributed by atoms with Gasteiger partial charge in [0.05, 0.1) is 6.33 Å². The summed E-state index contributed by atoms with van der Waals surface area (Å²) in [4.78, 5) is 57.7. The topological polar surface area (TPSA) is 142 Å². The van der Waals surface area contributed by atoms with Crippen molar-refractivity contribution in [2.24, 2.45) is 5.92 Å². The molecule has 3 rings (SSSR count). The summed E-state index contributed by atoms with van der Waals surface area (Å²) in [5, 5.41) is 8.36. The number of aromatic nitrogens is 2. The third kappa shape index (κ3) is 10.4. The molecule has 10 nitrogen and oxygen atoms in total. The Morgan fingerprint density at radius 2 is 1.50 bits per heavy atom. The summed E-state index contributed by atoms with van der Waals surface area (Å²) in [7, 11) is 0. The number of benzene rings is 2. The number of amides is 3. The van der Waals surface area contributed by atoms with Gasteiger partial charge in [-0.15, -0.1) is 0 Å². The highest BCUT2D eigenvalue weighted by molar-refractivity contribution is 5.91. The van der Waals surface area contributed by atoms with Crippen LogP contribution in [0.1, 0.15) is 43.5 Å². The Balaban J connectivity index is 1.75. The number of alkyl carbamates (subject to hydrolysis) is 1. The minimum atomic E-state index is -1.01. The van der Waals surface area contributed by atoms with Crippen molar-refractivity contribution < 1.29 is 23.9 Å². The summed E-state index contributed by atoms with van der Waals surface area (Å²) >= 11 is 0. The van der Waals surface area contributed by atoms with Gasteiger partial charge < -0.3 is 30.5 Å². The smallest absolute Gasteiger partial charge is 0.408 e. The van der Waals surface area contributed by atoms with Gasteiger partial charge in [0.25, 0.3) is 0 Å². The van der Waals surface area contributed by atoms with Crippen LogP contribution in [0.25, 0.3) is 0 Å². The molecule has 0 spiro atoms. The minimum absolute atomic E-state index is 0.0468. The Morgan fingerprint density at radius 3 is 2.10 bits per heavy atom. The predicted molar refractivity (Wildman–Crippen MR) is 150 cm³/mol. The molecule has 0 aliphatic carbocycles. The van der Waals surface area contributed by atoms with Crippen molar-refractivity contribution in [3.63, 3.8) is 0 Å². The van der Waals surface area contributed by atoms with Crippen molar-refractivity contribution in [2.75, 3.05) is 0 Å². The highest BCUT2D eigenvalue weighted by atomic mass is 16.5. The first-order valence-corrected chi connectivity index (χ1v) is 13.4. The quantitative estimate of drug-likeness (QED) is 0.215. The highest BCUT2D eigenvalue weighted by Crippen LogP contribution is 2.10. The van der Waals surface area contributed by atoms with Crippen LogP contribution in [-0.2, 0) is 38.6 Å². The maximum Gasteiger partial charge on any atom is 0.408 e. The lowest BCUT2D eigenvalue weighted by Crippen LogP contribution is -2.56. The molecule has 1 heterocycles. The van der Waals surface area contributed by atoms with Crippen molar-refractivity contribution in [1.82, 2.24) is 25.9 Å². The maximum absolute atomic E-state index is 13.5. The summed E-state index contributed by atoms with van der Waals surface area (Å²) < 4.78 is 5.34. The van der Waals surface area contributed by atoms with Crippen LogP contribution in [0, 0.1) is 5.92 Å². The van der Waals surface area contributed by atoms with E-state index in [0.29, 0.717) is 12.1 Å². The monoisotopic (exact) mass is 547 g/mol. The highest BCUT2D eigenvalue weighted by Gasteiger charge is 2.29. The number of aldehydes is 1. The molecule has 3 aromatic rings. The molecule has 3 amide bonds. The predicted octanol–water partition coefficient (Wildman–Crippen LogP) is 3.09. The number of H-pyrrole nitrogens is 1. The fourth-order valence-corrected chi connectivity index (χ4v) is 4.26. The van der Waals surface area contributed by atoms with Gasteiger partial charge >= 0.3 is 6.09 Å². The van der Waals surface area contributed by atoms with Crippen LogP contribution in [-0.4, -0.2) is 52.3 Å². The number of nitrogens with zero attached hydrogens (tertiary/aromatic N) is 1. The molecule has 10 heteroatoms. The third-order valence-electron chi connectivity index (χ3n) is 6.20. The normalized spacial score (nSPS) is 13.1. The first kappa shape index (κ1) is 30.1. The summed E-state index contributed by atoms with van der Waals surface area (Å²) in [6, 6.07) is 16.1. The number of rotatable bonds is 15. The molecular weight excluding hydrogens is 510 g/mol. The molecular formula is C30H37N5O5. The van der Waals surface area contributed by atoms with E-state index in [1.165, 1.54) is 6.33 Å². The van der Waals surface area contributed by atoms with Crippen molar-refractivity contribution >= 4 is 24.2 Å². The van der Waals surface area contributed by atoms with E-state index in [-0.39, 0.29) is 37.8 Å². The number of aromatic amines is 1. The van der Waals surface area contributed by atoms with Crippen LogP contribution in [0.15, 0.2) is 73.2 Å². The molecule has 0 bridgehead atoms. The number of hydrogen-bond acceptors (Lipinski definition) is 6. The van der Waals surface area contributed by atoms with Gasteiger partial charge in [0.1, 0.15) is 25.0 Å². The number of carbonyl (C=O) groups excluding carboxylic acids is 4. The van der Waals surface area contributed by atoms with Crippen molar-refractivity contribution in [3.05, 3.63) is 90.0 Å². The van der Waals surface area contributed by atoms with Gasteiger partial charge in [-0.25, -0.2) is 9.78 Å². The van der Waals surface area contributed by atoms with Crippen molar-refractivity contribution in [3.8, 4) is 0 Å². The lowest BCUT2D eigenvalue weighted by atomic mass is 10.0. The van der Waals surface area contributed by atoms with Crippen LogP contribution in [0.2, 0.25) is 0 Å². The summed E-state index contributed by atoms with van der Waals surface area (Å²) in [5.41, 5.74) is 2.28. The largest absolute Gasteiger partial charge is 0.445 e. The number of carbonyl (C=O) groups is 4. The average molecular weight is 548 g/mol. The molecule has 1 aromatic heterocycles. The van der Waals surface area contributed by atoms with Crippen molar-refractivity contribution in [2.45, 2.75) is 64.3 Å². The van der Waals surface area contributed by atoms with Gasteiger partial charge in [-0.2, -0.15) is 0 Å². The Kier molecular flexibility index (Phi) is 11.9. The van der Waals surface area contributed by atoms with Crippen LogP contribution < -0.4 is 16.0 Å². The Morgan fingerprint density at radius 1 is 0.875 bits per heavy atom. The summed E-state index contributed by atoms with van der Waals surface area (Å²) in [5.74, 6) is -0.719. The number of hydrogen-bond donors (Lipinski definition) is 4. The van der Waals surface area contributed by atoms with Gasteiger partial charge in [-0.1, -0.05) is 74.5 Å². The summed E-state index contributed by atoms with van der Waals surface area (Å²) in [6.07, 6.45) is 4.19. The zero-order valence-electron chi connectivity index (χ0n) is 22.8. The van der Waals surface area contributed by atoms with Gasteiger partial charge in [0.15, 0.2) is 0 Å². The van der Waals surface area contributed by atoms with Crippen molar-refractivity contribution in [1.29, 1.82) is 0 Å². The molecule has 40 heavy (non-hydrogen) atoms. The SMILES string of the molecule is CC(C)CC(CC=O)NC(=O)[C@H](Cc1cnc[nH]1)NC(=O)[C@H](Cc1ccccc1)NC(=O)OCc1ccccc1. The maximum atomic E-state index is 13.5. The van der Waals surface area contributed by atoms with Gasteiger partial charge in [0, 0.05) is 37.2 Å². The lowest BCUT2D eigenvalue weighted by Gasteiger charge is -2.25. The van der Waals surface area contributed by atoms with E-state index in [4.69, 9.17) is 4.74 Å². The van der Waals surface area contributed by atoms with Gasteiger partial charge in [0.2, 0.25) is 11.8 Å². The van der Waals surface area contributed by atoms with Crippen LogP contribution in [0.3, 0.4) is 0 Å². The summed E-state index contributed by atoms with van der Waals surface area (Å²) in [6.45, 7) is 4.06. The Bertz CT molecular complexity index is 1200.